The van der Waals surface area contributed by atoms with Crippen molar-refractivity contribution in [1.29, 1.82) is 0 Å². The van der Waals surface area contributed by atoms with Gasteiger partial charge in [0, 0.05) is 11.0 Å². The molecule has 0 amide bonds. The Hall–Kier alpha value is -0.670. The van der Waals surface area contributed by atoms with E-state index in [1.165, 1.54) is 25.1 Å². The lowest BCUT2D eigenvalue weighted by Gasteiger charge is -2.21. The summed E-state index contributed by atoms with van der Waals surface area (Å²) in [5, 5.41) is 18.4. The molecule has 0 aliphatic rings. The largest absolute Gasteiger partial charge is 0.481 e. The van der Waals surface area contributed by atoms with Gasteiger partial charge in [0.05, 0.1) is 17.0 Å². The quantitative estimate of drug-likeness (QED) is 0.689. The van der Waals surface area contributed by atoms with Crippen LogP contribution in [0.1, 0.15) is 13.3 Å². The number of halogens is 2. The fraction of sp³-hybridized carbons (Fsp3) is 0.364. The van der Waals surface area contributed by atoms with Crippen LogP contribution in [0.25, 0.3) is 0 Å². The highest BCUT2D eigenvalue weighted by molar-refractivity contribution is 9.10. The van der Waals surface area contributed by atoms with Gasteiger partial charge in [-0.1, -0.05) is 27.5 Å². The Bertz CT molecular complexity index is 617. The summed E-state index contributed by atoms with van der Waals surface area (Å²) >= 11 is 9.00. The predicted octanol–water partition coefficient (Wildman–Crippen LogP) is 1.61. The van der Waals surface area contributed by atoms with Gasteiger partial charge in [0.1, 0.15) is 4.90 Å². The second-order valence-electron chi connectivity index (χ2n) is 4.47. The van der Waals surface area contributed by atoms with Crippen molar-refractivity contribution < 1.29 is 23.4 Å². The van der Waals surface area contributed by atoms with E-state index in [1.54, 1.807) is 0 Å². The maximum absolute atomic E-state index is 12.0. The van der Waals surface area contributed by atoms with E-state index in [0.29, 0.717) is 4.47 Å². The SMILES string of the molecule is CC(O)(CNS(=O)(=O)c1ccc(Br)cc1Cl)CC(=O)O. The summed E-state index contributed by atoms with van der Waals surface area (Å²) < 4.78 is 26.8. The van der Waals surface area contributed by atoms with E-state index in [-0.39, 0.29) is 9.92 Å². The Morgan fingerprint density at radius 2 is 2.10 bits per heavy atom. The lowest BCUT2D eigenvalue weighted by Crippen LogP contribution is -2.42. The lowest BCUT2D eigenvalue weighted by atomic mass is 10.0. The van der Waals surface area contributed by atoms with Crippen LogP contribution < -0.4 is 4.72 Å². The predicted molar refractivity (Wildman–Crippen MR) is 77.2 cm³/mol. The number of hydrogen-bond acceptors (Lipinski definition) is 4. The first-order valence-electron chi connectivity index (χ1n) is 5.42. The lowest BCUT2D eigenvalue weighted by molar-refractivity contribution is -0.141. The molecule has 0 bridgehead atoms. The molecule has 0 spiro atoms. The van der Waals surface area contributed by atoms with Crippen LogP contribution in [-0.4, -0.2) is 36.7 Å². The number of aliphatic hydroxyl groups is 1. The molecule has 9 heteroatoms. The molecule has 0 saturated heterocycles. The van der Waals surface area contributed by atoms with Crippen molar-refractivity contribution in [2.45, 2.75) is 23.8 Å². The smallest absolute Gasteiger partial charge is 0.306 e. The third-order valence-electron chi connectivity index (χ3n) is 2.36. The zero-order valence-corrected chi connectivity index (χ0v) is 13.6. The Kier molecular flexibility index (Phi) is 5.56. The fourth-order valence-electron chi connectivity index (χ4n) is 1.41. The van der Waals surface area contributed by atoms with Gasteiger partial charge in [-0.25, -0.2) is 13.1 Å². The van der Waals surface area contributed by atoms with Gasteiger partial charge in [0.15, 0.2) is 0 Å². The summed E-state index contributed by atoms with van der Waals surface area (Å²) in [6, 6.07) is 4.24. The van der Waals surface area contributed by atoms with Gasteiger partial charge < -0.3 is 10.2 Å². The highest BCUT2D eigenvalue weighted by Crippen LogP contribution is 2.25. The Balaban J connectivity index is 2.88. The number of nitrogens with one attached hydrogen (secondary N) is 1. The minimum Gasteiger partial charge on any atom is -0.481 e. The van der Waals surface area contributed by atoms with Crippen LogP contribution in [-0.2, 0) is 14.8 Å². The third-order valence-corrected chi connectivity index (χ3v) is 4.74. The van der Waals surface area contributed by atoms with E-state index in [1.807, 2.05) is 0 Å². The zero-order chi connectivity index (χ0) is 15.6. The van der Waals surface area contributed by atoms with Crippen LogP contribution in [0.5, 0.6) is 0 Å². The summed E-state index contributed by atoms with van der Waals surface area (Å²) in [7, 11) is -3.93. The second kappa shape index (κ2) is 6.40. The van der Waals surface area contributed by atoms with Crippen LogP contribution in [0, 0.1) is 0 Å². The molecule has 0 aliphatic carbocycles. The molecule has 1 rings (SSSR count). The standard InChI is InChI=1S/C11H13BrClNO5S/c1-11(17,5-10(15)16)6-14-20(18,19)9-3-2-7(12)4-8(9)13/h2-4,14,17H,5-6H2,1H3,(H,15,16). The summed E-state index contributed by atoms with van der Waals surface area (Å²) in [5.41, 5.74) is -1.69. The van der Waals surface area contributed by atoms with Gasteiger partial charge in [-0.15, -0.1) is 0 Å². The zero-order valence-electron chi connectivity index (χ0n) is 10.4. The van der Waals surface area contributed by atoms with Crippen LogP contribution in [0.4, 0.5) is 0 Å². The number of benzene rings is 1. The number of carboxylic acids is 1. The first-order valence-corrected chi connectivity index (χ1v) is 8.08. The number of rotatable bonds is 6. The number of aliphatic carboxylic acids is 1. The molecule has 0 fully saturated rings. The third kappa shape index (κ3) is 5.02. The number of sulfonamides is 1. The molecule has 6 nitrogen and oxygen atoms in total. The molecular formula is C11H13BrClNO5S. The van der Waals surface area contributed by atoms with Gasteiger partial charge in [0.25, 0.3) is 0 Å². The summed E-state index contributed by atoms with van der Waals surface area (Å²) in [4.78, 5) is 10.4. The van der Waals surface area contributed by atoms with Crippen molar-refractivity contribution in [1.82, 2.24) is 4.72 Å². The molecule has 1 aromatic rings. The van der Waals surface area contributed by atoms with E-state index in [9.17, 15) is 18.3 Å². The van der Waals surface area contributed by atoms with Crippen LogP contribution >= 0.6 is 27.5 Å². The van der Waals surface area contributed by atoms with Gasteiger partial charge in [0.2, 0.25) is 10.0 Å². The van der Waals surface area contributed by atoms with Crippen molar-refractivity contribution in [3.63, 3.8) is 0 Å². The molecule has 0 radical (unpaired) electrons. The summed E-state index contributed by atoms with van der Waals surface area (Å²) in [6.07, 6.45) is -0.580. The second-order valence-corrected chi connectivity index (χ2v) is 7.53. The highest BCUT2D eigenvalue weighted by Gasteiger charge is 2.27. The number of carbonyl (C=O) groups is 1. The molecule has 1 aromatic carbocycles. The topological polar surface area (TPSA) is 104 Å². The van der Waals surface area contributed by atoms with Crippen molar-refractivity contribution in [2.24, 2.45) is 0 Å². The molecule has 0 aliphatic heterocycles. The normalized spacial score (nSPS) is 14.8. The molecule has 1 atom stereocenters. The minimum absolute atomic E-state index is 0.0183. The molecule has 1 unspecified atom stereocenters. The average molecular weight is 387 g/mol. The number of carboxylic acid groups (broad SMARTS) is 1. The first kappa shape index (κ1) is 17.4. The molecule has 20 heavy (non-hydrogen) atoms. The average Bonchev–Trinajstić information content (AvgIpc) is 2.24. The van der Waals surface area contributed by atoms with Crippen molar-refractivity contribution in [3.8, 4) is 0 Å². The molecule has 112 valence electrons. The summed E-state index contributed by atoms with van der Waals surface area (Å²) in [5.74, 6) is -1.23. The molecule has 0 heterocycles. The van der Waals surface area contributed by atoms with Gasteiger partial charge in [-0.2, -0.15) is 0 Å². The van der Waals surface area contributed by atoms with Crippen molar-refractivity contribution in [3.05, 3.63) is 27.7 Å². The van der Waals surface area contributed by atoms with E-state index in [0.717, 1.165) is 0 Å². The van der Waals surface area contributed by atoms with Crippen molar-refractivity contribution >= 4 is 43.5 Å². The van der Waals surface area contributed by atoms with Crippen molar-refractivity contribution in [2.75, 3.05) is 6.54 Å². The van der Waals surface area contributed by atoms with Crippen LogP contribution in [0.15, 0.2) is 27.6 Å². The minimum atomic E-state index is -3.93. The van der Waals surface area contributed by atoms with Crippen LogP contribution in [0.2, 0.25) is 5.02 Å². The molecule has 0 aromatic heterocycles. The monoisotopic (exact) mass is 385 g/mol. The molecule has 3 N–H and O–H groups in total. The van der Waals surface area contributed by atoms with E-state index >= 15 is 0 Å². The van der Waals surface area contributed by atoms with Crippen LogP contribution in [0.3, 0.4) is 0 Å². The summed E-state index contributed by atoms with van der Waals surface area (Å²) in [6.45, 7) is 0.793. The first-order chi connectivity index (χ1) is 9.03. The van der Waals surface area contributed by atoms with E-state index in [2.05, 4.69) is 20.7 Å². The molecular weight excluding hydrogens is 374 g/mol. The van der Waals surface area contributed by atoms with Gasteiger partial charge >= 0.3 is 5.97 Å². The molecule has 0 saturated carbocycles. The van der Waals surface area contributed by atoms with E-state index in [4.69, 9.17) is 16.7 Å². The maximum atomic E-state index is 12.0. The number of hydrogen-bond donors (Lipinski definition) is 3. The van der Waals surface area contributed by atoms with Gasteiger partial charge in [-0.3, -0.25) is 4.79 Å². The Labute approximate surface area is 129 Å². The Morgan fingerprint density at radius 3 is 2.60 bits per heavy atom. The Morgan fingerprint density at radius 1 is 1.50 bits per heavy atom. The maximum Gasteiger partial charge on any atom is 0.306 e. The van der Waals surface area contributed by atoms with Gasteiger partial charge in [-0.05, 0) is 25.1 Å². The fourth-order valence-corrected chi connectivity index (χ4v) is 3.61. The van der Waals surface area contributed by atoms with E-state index < -0.39 is 34.6 Å². The highest BCUT2D eigenvalue weighted by atomic mass is 79.9.